The van der Waals surface area contributed by atoms with Gasteiger partial charge < -0.3 is 15.0 Å². The number of quaternary nitrogens is 1. The molecule has 1 aliphatic rings. The summed E-state index contributed by atoms with van der Waals surface area (Å²) in [4.78, 5) is 14.6. The number of carbonyl (C=O) groups is 1. The molecule has 2 heterocycles. The Morgan fingerprint density at radius 2 is 1.71 bits per heavy atom. The molecule has 1 aliphatic heterocycles. The van der Waals surface area contributed by atoms with Crippen molar-refractivity contribution in [3.8, 4) is 5.69 Å². The fourth-order valence-corrected chi connectivity index (χ4v) is 4.25. The van der Waals surface area contributed by atoms with Gasteiger partial charge in [-0.05, 0) is 31.5 Å². The molecule has 162 valence electrons. The highest BCUT2D eigenvalue weighted by atomic mass is 16.5. The average Bonchev–Trinajstić information content (AvgIpc) is 3.09. The number of hydrogen-bond acceptors (Lipinski definition) is 3. The van der Waals surface area contributed by atoms with E-state index in [1.54, 1.807) is 0 Å². The fraction of sp³-hybridized carbons (Fsp3) is 0.360. The van der Waals surface area contributed by atoms with Gasteiger partial charge >= 0.3 is 0 Å². The largest absolute Gasteiger partial charge is 0.370 e. The third-order valence-electron chi connectivity index (χ3n) is 6.01. The van der Waals surface area contributed by atoms with Gasteiger partial charge in [0.1, 0.15) is 25.7 Å². The Hall–Kier alpha value is -2.96. The van der Waals surface area contributed by atoms with Crippen molar-refractivity contribution in [2.24, 2.45) is 0 Å². The topological polar surface area (TPSA) is 60.6 Å². The summed E-state index contributed by atoms with van der Waals surface area (Å²) >= 11 is 0. The van der Waals surface area contributed by atoms with Crippen molar-refractivity contribution in [1.82, 2.24) is 15.1 Å². The summed E-state index contributed by atoms with van der Waals surface area (Å²) in [7, 11) is 0. The third kappa shape index (κ3) is 5.21. The second-order valence-corrected chi connectivity index (χ2v) is 8.17. The van der Waals surface area contributed by atoms with Crippen LogP contribution in [-0.2, 0) is 16.0 Å². The molecule has 0 spiro atoms. The predicted molar refractivity (Wildman–Crippen MR) is 120 cm³/mol. The molecule has 6 heteroatoms. The summed E-state index contributed by atoms with van der Waals surface area (Å²) < 4.78 is 7.42. The van der Waals surface area contributed by atoms with Crippen molar-refractivity contribution in [1.29, 1.82) is 0 Å². The first-order chi connectivity index (χ1) is 15.1. The van der Waals surface area contributed by atoms with Crippen molar-refractivity contribution in [2.75, 3.05) is 32.8 Å². The average molecular weight is 420 g/mol. The van der Waals surface area contributed by atoms with E-state index < -0.39 is 0 Å². The monoisotopic (exact) mass is 419 g/mol. The second-order valence-electron chi connectivity index (χ2n) is 8.17. The first-order valence-corrected chi connectivity index (χ1v) is 11.0. The van der Waals surface area contributed by atoms with Crippen molar-refractivity contribution in [3.63, 3.8) is 0 Å². The molecule has 6 nitrogen and oxygen atoms in total. The minimum Gasteiger partial charge on any atom is -0.370 e. The highest BCUT2D eigenvalue weighted by Crippen LogP contribution is 2.19. The SMILES string of the molecule is Cc1nn(-c2ccccc2)c(C)c1CC(=O)N[C@@H](C[NH+]1CCOCC1)c1ccccc1. The Morgan fingerprint density at radius 1 is 1.06 bits per heavy atom. The van der Waals surface area contributed by atoms with Crippen LogP contribution in [0, 0.1) is 13.8 Å². The molecule has 0 saturated carbocycles. The van der Waals surface area contributed by atoms with Gasteiger partial charge in [0.2, 0.25) is 5.91 Å². The normalized spacial score (nSPS) is 15.5. The second kappa shape index (κ2) is 9.90. The molecule has 1 fully saturated rings. The third-order valence-corrected chi connectivity index (χ3v) is 6.01. The number of morpholine rings is 1. The minimum absolute atomic E-state index is 0.0217. The van der Waals surface area contributed by atoms with Crippen LogP contribution in [0.5, 0.6) is 0 Å². The number of hydrogen-bond donors (Lipinski definition) is 2. The predicted octanol–water partition coefficient (Wildman–Crippen LogP) is 1.80. The van der Waals surface area contributed by atoms with E-state index in [-0.39, 0.29) is 11.9 Å². The minimum atomic E-state index is -0.0217. The lowest BCUT2D eigenvalue weighted by Crippen LogP contribution is -3.14. The number of aromatic nitrogens is 2. The van der Waals surface area contributed by atoms with Crippen molar-refractivity contribution >= 4 is 5.91 Å². The molecular weight excluding hydrogens is 388 g/mol. The Bertz CT molecular complexity index is 995. The molecule has 1 amide bonds. The van der Waals surface area contributed by atoms with Gasteiger partial charge in [0.05, 0.1) is 31.0 Å². The Morgan fingerprint density at radius 3 is 2.39 bits per heavy atom. The fourth-order valence-electron chi connectivity index (χ4n) is 4.25. The highest BCUT2D eigenvalue weighted by Gasteiger charge is 2.24. The van der Waals surface area contributed by atoms with Gasteiger partial charge in [0.15, 0.2) is 0 Å². The highest BCUT2D eigenvalue weighted by molar-refractivity contribution is 5.79. The zero-order valence-corrected chi connectivity index (χ0v) is 18.3. The molecule has 3 aromatic rings. The lowest BCUT2D eigenvalue weighted by Gasteiger charge is -2.28. The molecule has 2 aromatic carbocycles. The number of para-hydroxylation sites is 1. The van der Waals surface area contributed by atoms with Gasteiger partial charge in [-0.15, -0.1) is 0 Å². The molecule has 4 rings (SSSR count). The Labute approximate surface area is 183 Å². The lowest BCUT2D eigenvalue weighted by atomic mass is 10.0. The molecule has 31 heavy (non-hydrogen) atoms. The van der Waals surface area contributed by atoms with E-state index in [1.807, 2.05) is 67.1 Å². The zero-order chi connectivity index (χ0) is 21.6. The van der Waals surface area contributed by atoms with Crippen LogP contribution in [0.15, 0.2) is 60.7 Å². The van der Waals surface area contributed by atoms with Crippen LogP contribution < -0.4 is 10.2 Å². The van der Waals surface area contributed by atoms with E-state index in [2.05, 4.69) is 22.5 Å². The van der Waals surface area contributed by atoms with Crippen molar-refractivity contribution in [3.05, 3.63) is 83.2 Å². The quantitative estimate of drug-likeness (QED) is 0.614. The molecule has 2 N–H and O–H groups in total. The molecule has 1 aromatic heterocycles. The maximum absolute atomic E-state index is 13.1. The summed E-state index contributed by atoms with van der Waals surface area (Å²) in [6.45, 7) is 8.37. The maximum Gasteiger partial charge on any atom is 0.225 e. The van der Waals surface area contributed by atoms with E-state index in [0.29, 0.717) is 6.42 Å². The van der Waals surface area contributed by atoms with Gasteiger partial charge in [0.25, 0.3) is 0 Å². The van der Waals surface area contributed by atoms with Crippen LogP contribution in [0.3, 0.4) is 0 Å². The van der Waals surface area contributed by atoms with E-state index in [4.69, 9.17) is 4.74 Å². The summed E-state index contributed by atoms with van der Waals surface area (Å²) in [5, 5.41) is 7.98. The standard InChI is InChI=1S/C25H30N4O2/c1-19-23(20(2)29(27-19)22-11-7-4-8-12-22)17-25(30)26-24(21-9-5-3-6-10-21)18-28-13-15-31-16-14-28/h3-12,24H,13-18H2,1-2H3,(H,26,30)/p+1/t24-/m0/s1. The molecule has 0 unspecified atom stereocenters. The first-order valence-electron chi connectivity index (χ1n) is 11.0. The molecule has 1 saturated heterocycles. The van der Waals surface area contributed by atoms with E-state index in [9.17, 15) is 4.79 Å². The number of ether oxygens (including phenoxy) is 1. The van der Waals surface area contributed by atoms with Crippen molar-refractivity contribution < 1.29 is 14.4 Å². The van der Waals surface area contributed by atoms with Crippen LogP contribution in [0.25, 0.3) is 5.69 Å². The number of benzene rings is 2. The Balaban J connectivity index is 1.49. The van der Waals surface area contributed by atoms with Crippen LogP contribution >= 0.6 is 0 Å². The summed E-state index contributed by atoms with van der Waals surface area (Å²) in [6, 6.07) is 20.3. The number of rotatable bonds is 7. The van der Waals surface area contributed by atoms with Crippen LogP contribution in [0.4, 0.5) is 0 Å². The number of carbonyl (C=O) groups excluding carboxylic acids is 1. The zero-order valence-electron chi connectivity index (χ0n) is 18.3. The van der Waals surface area contributed by atoms with Crippen molar-refractivity contribution in [2.45, 2.75) is 26.3 Å². The molecule has 0 aliphatic carbocycles. The molecule has 0 radical (unpaired) electrons. The number of amides is 1. The van der Waals surface area contributed by atoms with Gasteiger partial charge in [-0.2, -0.15) is 5.10 Å². The van der Waals surface area contributed by atoms with Crippen LogP contribution in [0.2, 0.25) is 0 Å². The van der Waals surface area contributed by atoms with E-state index in [0.717, 1.165) is 61.1 Å². The maximum atomic E-state index is 13.1. The number of aryl methyl sites for hydroxylation is 1. The number of nitrogens with one attached hydrogen (secondary N) is 2. The van der Waals surface area contributed by atoms with E-state index in [1.165, 1.54) is 4.90 Å². The van der Waals surface area contributed by atoms with Gasteiger partial charge in [-0.1, -0.05) is 48.5 Å². The summed E-state index contributed by atoms with van der Waals surface area (Å²) in [6.07, 6.45) is 0.326. The van der Waals surface area contributed by atoms with Crippen LogP contribution in [0.1, 0.15) is 28.6 Å². The Kier molecular flexibility index (Phi) is 6.79. The molecule has 1 atom stereocenters. The van der Waals surface area contributed by atoms with Crippen LogP contribution in [-0.4, -0.2) is 48.5 Å². The summed E-state index contributed by atoms with van der Waals surface area (Å²) in [5.41, 5.74) is 5.04. The van der Waals surface area contributed by atoms with Gasteiger partial charge in [0, 0.05) is 11.3 Å². The van der Waals surface area contributed by atoms with Gasteiger partial charge in [-0.3, -0.25) is 4.79 Å². The van der Waals surface area contributed by atoms with Gasteiger partial charge in [-0.25, -0.2) is 4.68 Å². The molecular formula is C25H31N4O2+. The van der Waals surface area contributed by atoms with E-state index >= 15 is 0 Å². The molecule has 0 bridgehead atoms. The summed E-state index contributed by atoms with van der Waals surface area (Å²) in [5.74, 6) is 0.0281. The lowest BCUT2D eigenvalue weighted by molar-refractivity contribution is -0.909. The number of nitrogens with zero attached hydrogens (tertiary/aromatic N) is 2. The smallest absolute Gasteiger partial charge is 0.225 e. The first kappa shape index (κ1) is 21.3.